The third-order valence-electron chi connectivity index (χ3n) is 7.58. The second kappa shape index (κ2) is 16.3. The van der Waals surface area contributed by atoms with Gasteiger partial charge in [-0.25, -0.2) is 9.59 Å². The molecule has 1 saturated heterocycles. The number of carbonyl (C=O) groups excluding carboxylic acids is 3. The molecular formula is C35H44N6O7. The number of para-hydroxylation sites is 2. The lowest BCUT2D eigenvalue weighted by atomic mass is 10.2. The van der Waals surface area contributed by atoms with Crippen molar-refractivity contribution in [1.82, 2.24) is 14.8 Å². The minimum Gasteiger partial charge on any atom is -0.486 e. The van der Waals surface area contributed by atoms with E-state index in [1.54, 1.807) is 86.5 Å². The van der Waals surface area contributed by atoms with Gasteiger partial charge in [-0.2, -0.15) is 0 Å². The number of nitrogens with one attached hydrogen (secondary N) is 3. The summed E-state index contributed by atoms with van der Waals surface area (Å²) in [5.74, 6) is 0.797. The number of amides is 4. The molecule has 0 saturated carbocycles. The van der Waals surface area contributed by atoms with E-state index in [-0.39, 0.29) is 11.7 Å². The molecule has 3 N–H and O–H groups in total. The zero-order chi connectivity index (χ0) is 33.9. The molecule has 13 nitrogen and oxygen atoms in total. The number of nitrogens with zero attached hydrogens (tertiary/aromatic N) is 3. The van der Waals surface area contributed by atoms with Gasteiger partial charge in [-0.15, -0.1) is 0 Å². The summed E-state index contributed by atoms with van der Waals surface area (Å²) in [4.78, 5) is 47.5. The molecule has 3 aromatic rings. The summed E-state index contributed by atoms with van der Waals surface area (Å²) in [6, 6.07) is 15.3. The molecule has 4 amide bonds. The molecule has 5 rings (SSSR count). The highest BCUT2D eigenvalue weighted by atomic mass is 16.6. The van der Waals surface area contributed by atoms with Gasteiger partial charge in [0.05, 0.1) is 24.6 Å². The molecule has 1 aromatic heterocycles. The summed E-state index contributed by atoms with van der Waals surface area (Å²) in [5.41, 5.74) is 1.68. The predicted octanol–water partition coefficient (Wildman–Crippen LogP) is 5.60. The maximum Gasteiger partial charge on any atom is 0.412 e. The van der Waals surface area contributed by atoms with Crippen LogP contribution in [0.4, 0.5) is 26.7 Å². The first-order chi connectivity index (χ1) is 23.1. The number of pyridine rings is 1. The van der Waals surface area contributed by atoms with Crippen LogP contribution in [0.1, 0.15) is 49.7 Å². The molecule has 0 aliphatic carbocycles. The van der Waals surface area contributed by atoms with Crippen LogP contribution in [-0.2, 0) is 16.0 Å². The number of hydrogen-bond donors (Lipinski definition) is 3. The normalized spacial score (nSPS) is 14.5. The third kappa shape index (κ3) is 10.3. The Kier molecular flexibility index (Phi) is 11.7. The first-order valence-electron chi connectivity index (χ1n) is 16.2. The molecule has 0 atom stereocenters. The molecule has 13 heteroatoms. The van der Waals surface area contributed by atoms with Crippen LogP contribution in [0.25, 0.3) is 0 Å². The van der Waals surface area contributed by atoms with Crippen molar-refractivity contribution in [2.75, 3.05) is 68.6 Å². The van der Waals surface area contributed by atoms with Crippen LogP contribution >= 0.6 is 0 Å². The highest BCUT2D eigenvalue weighted by molar-refractivity contribution is 6.05. The van der Waals surface area contributed by atoms with E-state index in [0.29, 0.717) is 54.9 Å². The zero-order valence-corrected chi connectivity index (χ0v) is 27.8. The van der Waals surface area contributed by atoms with Gasteiger partial charge in [-0.1, -0.05) is 18.2 Å². The van der Waals surface area contributed by atoms with Gasteiger partial charge < -0.3 is 34.5 Å². The Hall–Kier alpha value is -4.88. The Labute approximate surface area is 280 Å². The fraction of sp³-hybridized carbons (Fsp3) is 0.429. The Balaban J connectivity index is 1.22. The van der Waals surface area contributed by atoms with Crippen molar-refractivity contribution < 1.29 is 33.3 Å². The molecule has 0 spiro atoms. The molecule has 3 heterocycles. The van der Waals surface area contributed by atoms with Crippen LogP contribution < -0.4 is 25.4 Å². The minimum absolute atomic E-state index is 0.184. The molecule has 0 bridgehead atoms. The van der Waals surface area contributed by atoms with Gasteiger partial charge in [0.2, 0.25) is 0 Å². The van der Waals surface area contributed by atoms with Crippen LogP contribution in [0.15, 0.2) is 60.8 Å². The van der Waals surface area contributed by atoms with Gasteiger partial charge in [-0.3, -0.25) is 20.0 Å². The number of benzene rings is 2. The van der Waals surface area contributed by atoms with E-state index in [4.69, 9.17) is 18.9 Å². The van der Waals surface area contributed by atoms with Crippen molar-refractivity contribution in [1.29, 1.82) is 0 Å². The second-order valence-electron chi connectivity index (χ2n) is 12.5. The summed E-state index contributed by atoms with van der Waals surface area (Å²) < 4.78 is 22.1. The van der Waals surface area contributed by atoms with Crippen molar-refractivity contribution in [2.45, 2.75) is 45.8 Å². The summed E-state index contributed by atoms with van der Waals surface area (Å²) >= 11 is 0. The molecule has 0 radical (unpaired) electrons. The summed E-state index contributed by atoms with van der Waals surface area (Å²) in [6.45, 7) is 11.4. The van der Waals surface area contributed by atoms with Gasteiger partial charge >= 0.3 is 12.1 Å². The smallest absolute Gasteiger partial charge is 0.412 e. The monoisotopic (exact) mass is 660 g/mol. The third-order valence-corrected chi connectivity index (χ3v) is 7.58. The van der Waals surface area contributed by atoms with Crippen LogP contribution in [0.2, 0.25) is 0 Å². The van der Waals surface area contributed by atoms with Crippen LogP contribution in [-0.4, -0.2) is 91.0 Å². The predicted molar refractivity (Wildman–Crippen MR) is 182 cm³/mol. The maximum absolute atomic E-state index is 13.5. The fourth-order valence-electron chi connectivity index (χ4n) is 5.21. The van der Waals surface area contributed by atoms with Crippen molar-refractivity contribution in [2.24, 2.45) is 0 Å². The topological polar surface area (TPSA) is 144 Å². The van der Waals surface area contributed by atoms with E-state index in [1.165, 1.54) is 0 Å². The molecular weight excluding hydrogens is 616 g/mol. The van der Waals surface area contributed by atoms with E-state index >= 15 is 0 Å². The summed E-state index contributed by atoms with van der Waals surface area (Å²) in [5, 5.41) is 8.47. The molecule has 1 fully saturated rings. The van der Waals surface area contributed by atoms with Gasteiger partial charge in [0, 0.05) is 44.1 Å². The van der Waals surface area contributed by atoms with E-state index in [9.17, 15) is 14.4 Å². The standard InChI is InChI=1S/C35H44N6O7/c1-35(2,3)48-34(44)39-28-9-5-4-8-27(28)38-32(42)29-12-10-25(23-36-29)24-41(15-7-6-14-40-16-18-45-19-17-40)33(43)37-26-11-13-30-31(22-26)47-21-20-46-30/h4-5,8-13,22-23H,6-7,14-21,24H2,1-3H3,(H,37,43)(H,38,42)(H,39,44). The number of rotatable bonds is 11. The largest absolute Gasteiger partial charge is 0.486 e. The number of fused-ring (bicyclic) bond motifs is 1. The number of unbranched alkanes of at least 4 members (excludes halogenated alkanes) is 1. The van der Waals surface area contributed by atoms with Crippen LogP contribution in [0.5, 0.6) is 11.5 Å². The van der Waals surface area contributed by atoms with Gasteiger partial charge in [0.25, 0.3) is 5.91 Å². The Bertz CT molecular complexity index is 1550. The van der Waals surface area contributed by atoms with Gasteiger partial charge in [0.1, 0.15) is 24.5 Å². The zero-order valence-electron chi connectivity index (χ0n) is 27.8. The molecule has 256 valence electrons. The Morgan fingerprint density at radius 1 is 0.875 bits per heavy atom. The molecule has 0 unspecified atom stereocenters. The molecule has 48 heavy (non-hydrogen) atoms. The average molecular weight is 661 g/mol. The number of anilines is 3. The number of ether oxygens (including phenoxy) is 4. The van der Waals surface area contributed by atoms with Crippen molar-refractivity contribution in [3.05, 3.63) is 72.1 Å². The highest BCUT2D eigenvalue weighted by Gasteiger charge is 2.20. The van der Waals surface area contributed by atoms with Crippen molar-refractivity contribution in [3.8, 4) is 11.5 Å². The average Bonchev–Trinajstić information content (AvgIpc) is 3.07. The summed E-state index contributed by atoms with van der Waals surface area (Å²) in [7, 11) is 0. The van der Waals surface area contributed by atoms with Gasteiger partial charge in [0.15, 0.2) is 11.5 Å². The number of carbonyl (C=O) groups is 3. The molecule has 2 aliphatic rings. The highest BCUT2D eigenvalue weighted by Crippen LogP contribution is 2.32. The van der Waals surface area contributed by atoms with E-state index in [0.717, 1.165) is 51.3 Å². The fourth-order valence-corrected chi connectivity index (χ4v) is 5.21. The number of morpholine rings is 1. The quantitative estimate of drug-likeness (QED) is 0.224. The van der Waals surface area contributed by atoms with Crippen LogP contribution in [0.3, 0.4) is 0 Å². The summed E-state index contributed by atoms with van der Waals surface area (Å²) in [6.07, 6.45) is 2.72. The lowest BCUT2D eigenvalue weighted by molar-refractivity contribution is 0.0370. The first-order valence-corrected chi connectivity index (χ1v) is 16.2. The van der Waals surface area contributed by atoms with E-state index in [2.05, 4.69) is 25.8 Å². The molecule has 2 aromatic carbocycles. The lowest BCUT2D eigenvalue weighted by Gasteiger charge is -2.27. The number of urea groups is 1. The van der Waals surface area contributed by atoms with E-state index < -0.39 is 17.6 Å². The van der Waals surface area contributed by atoms with Crippen molar-refractivity contribution in [3.63, 3.8) is 0 Å². The maximum atomic E-state index is 13.5. The van der Waals surface area contributed by atoms with Crippen molar-refractivity contribution >= 4 is 35.1 Å². The van der Waals surface area contributed by atoms with Gasteiger partial charge in [-0.05, 0) is 76.1 Å². The Morgan fingerprint density at radius 2 is 1.60 bits per heavy atom. The minimum atomic E-state index is -0.668. The molecule has 2 aliphatic heterocycles. The first kappa shape index (κ1) is 34.5. The lowest BCUT2D eigenvalue weighted by Crippen LogP contribution is -2.38. The number of hydrogen-bond acceptors (Lipinski definition) is 9. The Morgan fingerprint density at radius 3 is 2.31 bits per heavy atom. The SMILES string of the molecule is CC(C)(C)OC(=O)Nc1ccccc1NC(=O)c1ccc(CN(CCCCN2CCOCC2)C(=O)Nc2ccc3c(c2)OCCO3)cn1. The second-order valence-corrected chi connectivity index (χ2v) is 12.5. The van der Waals surface area contributed by atoms with E-state index in [1.807, 2.05) is 0 Å². The van der Waals surface area contributed by atoms with Crippen LogP contribution in [0, 0.1) is 0 Å². The number of aromatic nitrogens is 1.